The molecule has 0 fully saturated rings. The number of hydrogen-bond donors (Lipinski definition) is 0. The summed E-state index contributed by atoms with van der Waals surface area (Å²) in [7, 11) is 0. The molecule has 0 N–H and O–H groups in total. The molecule has 3 nitrogen and oxygen atoms in total. The fourth-order valence-corrected chi connectivity index (χ4v) is 15.4. The first-order chi connectivity index (χ1) is 38.0. The lowest BCUT2D eigenvalue weighted by molar-refractivity contribution is 0.509. The van der Waals surface area contributed by atoms with Gasteiger partial charge >= 0.3 is 0 Å². The summed E-state index contributed by atoms with van der Waals surface area (Å²) in [4.78, 5) is 2.82. The summed E-state index contributed by atoms with van der Waals surface area (Å²) in [5.74, 6) is 0.142. The van der Waals surface area contributed by atoms with E-state index in [9.17, 15) is 0 Å². The Morgan fingerprint density at radius 3 is 1.70 bits per heavy atom. The lowest BCUT2D eigenvalue weighted by Crippen LogP contribution is -2.68. The van der Waals surface area contributed by atoms with Gasteiger partial charge in [0, 0.05) is 44.4 Å². The molecule has 0 radical (unpaired) electrons. The van der Waals surface area contributed by atoms with Gasteiger partial charge in [-0.1, -0.05) is 231 Å². The van der Waals surface area contributed by atoms with Crippen LogP contribution < -0.4 is 32.2 Å². The van der Waals surface area contributed by atoms with Crippen molar-refractivity contribution in [3.8, 4) is 22.5 Å². The minimum atomic E-state index is -0.0562. The lowest BCUT2D eigenvalue weighted by Gasteiger charge is -2.52. The highest BCUT2D eigenvalue weighted by Gasteiger charge is 2.51. The number of aryl methyl sites for hydroxylation is 6. The summed E-state index contributed by atoms with van der Waals surface area (Å²) in [6.45, 7) is 28.4. The summed E-state index contributed by atoms with van der Waals surface area (Å²) in [6, 6.07) is 57.2. The fraction of sp³-hybridized carbons (Fsp3) is 0.243. The molecule has 10 aromatic rings. The smallest absolute Gasteiger partial charge is 0.247 e. The van der Waals surface area contributed by atoms with E-state index in [1.165, 1.54) is 150 Å². The molecule has 0 saturated heterocycles. The lowest BCUT2D eigenvalue weighted by atomic mass is 9.26. The number of rotatable bonds is 5. The average molecular weight is 1020 g/mol. The zero-order chi connectivity index (χ0) is 54.6. The third-order valence-electron chi connectivity index (χ3n) is 18.6. The standard InChI is InChI=1S/C74H71B2N3/c1-44-36-46(3)70(47(4)37-44)75-57-42-51(73(7,8)9)32-34-65(57)79-66-35-33-52(74(10,11)12)43-58(66)76(71-48(5)38-45(2)39-49(71)6)60-41-50(40-59(75)72(60)79)69-67(77-61-26-17-13-22-53(61)54-23-14-18-27-62(54)77)30-21-31-68(69)78-63-28-19-15-24-55(63)56-25-16-20-29-64(56)78/h13-19,21-28,30-43,57,65H,20,29H2,1-12H3. The second-order valence-electron chi connectivity index (χ2n) is 25.9. The molecule has 0 spiro atoms. The van der Waals surface area contributed by atoms with Crippen molar-refractivity contribution in [3.63, 3.8) is 0 Å². The number of hydrogen-bond acceptors (Lipinski definition) is 1. The second kappa shape index (κ2) is 17.9. The number of nitrogens with zero attached hydrogens (tertiary/aromatic N) is 3. The van der Waals surface area contributed by atoms with Crippen molar-refractivity contribution in [2.75, 3.05) is 4.90 Å². The molecule has 4 heterocycles. The maximum Gasteiger partial charge on any atom is 0.247 e. The second-order valence-corrected chi connectivity index (χ2v) is 25.9. The quantitative estimate of drug-likeness (QED) is 0.157. The van der Waals surface area contributed by atoms with Gasteiger partial charge in [-0.05, 0) is 135 Å². The Bertz CT molecular complexity index is 4230. The van der Waals surface area contributed by atoms with Crippen LogP contribution in [0, 0.1) is 47.0 Å². The van der Waals surface area contributed by atoms with Gasteiger partial charge in [-0.3, -0.25) is 0 Å². The first kappa shape index (κ1) is 49.5. The third kappa shape index (κ3) is 7.55. The van der Waals surface area contributed by atoms with Crippen LogP contribution in [0.2, 0.25) is 5.82 Å². The van der Waals surface area contributed by atoms with E-state index < -0.39 is 0 Å². The largest absolute Gasteiger partial charge is 0.336 e. The molecule has 0 saturated carbocycles. The highest BCUT2D eigenvalue weighted by Crippen LogP contribution is 2.48. The van der Waals surface area contributed by atoms with Crippen LogP contribution in [-0.2, 0) is 11.8 Å². The Balaban J connectivity index is 1.20. The predicted molar refractivity (Wildman–Crippen MR) is 343 cm³/mol. The maximum absolute atomic E-state index is 2.82. The SMILES string of the molecule is Cc1cc(C)c(B2c3cc(C(C)(C)C)ccc3N3c4c2cc(-c2c(-n5c6c(c7ccccc75)C=CCC6)cccc2-n2c5ccccc5c5ccccc52)cc4B(c2c(C)cc(C)cc2C)C2C=C(C(C)(C)C)C=CC23)c(C)c1. The Labute approximate surface area is 469 Å². The van der Waals surface area contributed by atoms with Gasteiger partial charge in [-0.25, -0.2) is 0 Å². The first-order valence-corrected chi connectivity index (χ1v) is 29.0. The molecule has 2 unspecified atom stereocenters. The van der Waals surface area contributed by atoms with Gasteiger partial charge in [-0.15, -0.1) is 0 Å². The molecule has 79 heavy (non-hydrogen) atoms. The molecule has 4 aliphatic rings. The van der Waals surface area contributed by atoms with Crippen molar-refractivity contribution >= 4 is 90.9 Å². The summed E-state index contributed by atoms with van der Waals surface area (Å²) < 4.78 is 5.24. The normalized spacial score (nSPS) is 16.7. The first-order valence-electron chi connectivity index (χ1n) is 29.0. The van der Waals surface area contributed by atoms with Crippen molar-refractivity contribution in [1.29, 1.82) is 0 Å². The van der Waals surface area contributed by atoms with E-state index in [1.54, 1.807) is 0 Å². The molecule has 5 heteroatoms. The average Bonchev–Trinajstić information content (AvgIpc) is 4.06. The molecule has 2 atom stereocenters. The van der Waals surface area contributed by atoms with Crippen LogP contribution in [0.15, 0.2) is 175 Å². The van der Waals surface area contributed by atoms with Gasteiger partial charge in [0.05, 0.1) is 34.0 Å². The van der Waals surface area contributed by atoms with Crippen LogP contribution in [0.3, 0.4) is 0 Å². The van der Waals surface area contributed by atoms with Crippen LogP contribution >= 0.6 is 0 Å². The molecule has 2 aliphatic carbocycles. The number of anilines is 2. The minimum absolute atomic E-state index is 0.0340. The molecular formula is C74H71B2N3. The number of benzene rings is 8. The maximum atomic E-state index is 2.82. The van der Waals surface area contributed by atoms with Gasteiger partial charge < -0.3 is 14.0 Å². The van der Waals surface area contributed by atoms with Gasteiger partial charge in [-0.2, -0.15) is 0 Å². The van der Waals surface area contributed by atoms with Crippen LogP contribution in [0.5, 0.6) is 0 Å². The van der Waals surface area contributed by atoms with Crippen LogP contribution in [0.25, 0.3) is 61.3 Å². The Morgan fingerprint density at radius 2 is 1.08 bits per heavy atom. The summed E-state index contributed by atoms with van der Waals surface area (Å²) in [5, 5.41) is 3.83. The molecular weight excluding hydrogens is 952 g/mol. The number of fused-ring (bicyclic) bond motifs is 10. The molecule has 2 aromatic heterocycles. The van der Waals surface area contributed by atoms with E-state index in [-0.39, 0.29) is 36.1 Å². The van der Waals surface area contributed by atoms with Crippen LogP contribution in [0.4, 0.5) is 11.4 Å². The fourth-order valence-electron chi connectivity index (χ4n) is 15.4. The van der Waals surface area contributed by atoms with E-state index in [0.717, 1.165) is 12.8 Å². The number of allylic oxidation sites excluding steroid dienone is 3. The molecule has 14 rings (SSSR count). The van der Waals surface area contributed by atoms with Crippen molar-refractivity contribution in [3.05, 3.63) is 226 Å². The van der Waals surface area contributed by atoms with E-state index >= 15 is 0 Å². The summed E-state index contributed by atoms with van der Waals surface area (Å²) in [6.07, 6.45) is 14.5. The van der Waals surface area contributed by atoms with E-state index in [0.29, 0.717) is 0 Å². The molecule has 0 bridgehead atoms. The van der Waals surface area contributed by atoms with Gasteiger partial charge in [0.15, 0.2) is 0 Å². The Hall–Kier alpha value is -7.75. The van der Waals surface area contributed by atoms with Crippen molar-refractivity contribution in [2.24, 2.45) is 5.41 Å². The molecule has 0 amide bonds. The van der Waals surface area contributed by atoms with Gasteiger partial charge in [0.2, 0.25) is 13.4 Å². The zero-order valence-electron chi connectivity index (χ0n) is 48.3. The van der Waals surface area contributed by atoms with Crippen LogP contribution in [0.1, 0.15) is 98.2 Å². The summed E-state index contributed by atoms with van der Waals surface area (Å²) >= 11 is 0. The van der Waals surface area contributed by atoms with Gasteiger partial charge in [0.1, 0.15) is 0 Å². The van der Waals surface area contributed by atoms with Crippen molar-refractivity contribution < 1.29 is 0 Å². The number of aromatic nitrogens is 2. The molecule has 2 aliphatic heterocycles. The summed E-state index contributed by atoms with van der Waals surface area (Å²) in [5.41, 5.74) is 31.8. The van der Waals surface area contributed by atoms with E-state index in [2.05, 4.69) is 273 Å². The molecule has 388 valence electrons. The Kier molecular flexibility index (Phi) is 11.2. The van der Waals surface area contributed by atoms with Gasteiger partial charge in [0.25, 0.3) is 0 Å². The van der Waals surface area contributed by atoms with Crippen molar-refractivity contribution in [1.82, 2.24) is 9.13 Å². The monoisotopic (exact) mass is 1020 g/mol. The van der Waals surface area contributed by atoms with E-state index in [1.807, 2.05) is 0 Å². The third-order valence-corrected chi connectivity index (χ3v) is 18.6. The Morgan fingerprint density at radius 1 is 0.506 bits per heavy atom. The highest BCUT2D eigenvalue weighted by atomic mass is 15.2. The topological polar surface area (TPSA) is 13.1 Å². The highest BCUT2D eigenvalue weighted by molar-refractivity contribution is 7.00. The van der Waals surface area contributed by atoms with Crippen molar-refractivity contribution in [2.45, 2.75) is 113 Å². The van der Waals surface area contributed by atoms with Crippen LogP contribution in [-0.4, -0.2) is 28.6 Å². The molecule has 8 aromatic carbocycles. The number of para-hydroxylation sites is 3. The predicted octanol–water partition coefficient (Wildman–Crippen LogP) is 15.4. The zero-order valence-corrected chi connectivity index (χ0v) is 48.3. The van der Waals surface area contributed by atoms with E-state index in [4.69, 9.17) is 0 Å². The minimum Gasteiger partial charge on any atom is -0.336 e.